The van der Waals surface area contributed by atoms with Crippen LogP contribution < -0.4 is 10.5 Å². The number of imidazole rings is 1. The smallest absolute Gasteiger partial charge is 0.194 e. The van der Waals surface area contributed by atoms with Gasteiger partial charge in [-0.15, -0.1) is 11.3 Å². The van der Waals surface area contributed by atoms with Gasteiger partial charge >= 0.3 is 0 Å². The van der Waals surface area contributed by atoms with E-state index in [0.717, 1.165) is 28.4 Å². The summed E-state index contributed by atoms with van der Waals surface area (Å²) in [6, 6.07) is 8.11. The van der Waals surface area contributed by atoms with E-state index in [2.05, 4.69) is 28.8 Å². The first kappa shape index (κ1) is 14.1. The van der Waals surface area contributed by atoms with Crippen molar-refractivity contribution >= 4 is 16.3 Å². The summed E-state index contributed by atoms with van der Waals surface area (Å²) < 4.78 is 7.71. The summed E-state index contributed by atoms with van der Waals surface area (Å²) in [5, 5.41) is 2.13. The Kier molecular flexibility index (Phi) is 3.94. The largest absolute Gasteiger partial charge is 0.494 e. The maximum atomic E-state index is 5.78. The molecule has 2 heterocycles. The number of aromatic nitrogens is 2. The minimum atomic E-state index is 0.618. The number of benzene rings is 1. The molecule has 2 aromatic heterocycles. The minimum Gasteiger partial charge on any atom is -0.494 e. The van der Waals surface area contributed by atoms with Crippen LogP contribution in [0.1, 0.15) is 18.3 Å². The molecular formula is C16H19N3OS. The van der Waals surface area contributed by atoms with Crippen LogP contribution in [-0.2, 0) is 6.42 Å². The van der Waals surface area contributed by atoms with E-state index in [1.165, 1.54) is 11.4 Å². The van der Waals surface area contributed by atoms with Crippen molar-refractivity contribution in [3.05, 3.63) is 41.0 Å². The Balaban J connectivity index is 2.08. The van der Waals surface area contributed by atoms with Crippen LogP contribution in [0.25, 0.3) is 16.2 Å². The Hall–Kier alpha value is -1.85. The molecule has 0 atom stereocenters. The number of hydrogen-bond donors (Lipinski definition) is 1. The molecule has 110 valence electrons. The number of thiazole rings is 1. The molecule has 0 aliphatic heterocycles. The zero-order chi connectivity index (χ0) is 14.8. The van der Waals surface area contributed by atoms with E-state index in [4.69, 9.17) is 15.5 Å². The van der Waals surface area contributed by atoms with Crippen LogP contribution >= 0.6 is 11.3 Å². The van der Waals surface area contributed by atoms with Gasteiger partial charge in [0, 0.05) is 23.1 Å². The Labute approximate surface area is 128 Å². The third-order valence-electron chi connectivity index (χ3n) is 3.45. The average Bonchev–Trinajstić information content (AvgIpc) is 3.02. The van der Waals surface area contributed by atoms with Gasteiger partial charge in [0.15, 0.2) is 4.96 Å². The number of nitrogens with zero attached hydrogens (tertiary/aromatic N) is 2. The number of aryl methyl sites for hydroxylation is 1. The molecule has 3 aromatic rings. The van der Waals surface area contributed by atoms with Gasteiger partial charge in [-0.1, -0.05) is 0 Å². The number of ether oxygens (including phenoxy) is 1. The SMILES string of the molecule is CCOc1ccc(-c2nc3scc(C)n3c2CCN)cc1. The molecule has 0 saturated heterocycles. The van der Waals surface area contributed by atoms with Crippen LogP contribution in [0.4, 0.5) is 0 Å². The highest BCUT2D eigenvalue weighted by Crippen LogP contribution is 2.29. The Bertz CT molecular complexity index is 743. The second kappa shape index (κ2) is 5.87. The zero-order valence-electron chi connectivity index (χ0n) is 12.3. The normalized spacial score (nSPS) is 11.2. The van der Waals surface area contributed by atoms with E-state index < -0.39 is 0 Å². The molecule has 5 heteroatoms. The van der Waals surface area contributed by atoms with Gasteiger partial charge in [0.25, 0.3) is 0 Å². The molecule has 4 nitrogen and oxygen atoms in total. The lowest BCUT2D eigenvalue weighted by Gasteiger charge is -2.06. The Morgan fingerprint density at radius 1 is 1.29 bits per heavy atom. The first-order chi connectivity index (χ1) is 10.2. The summed E-state index contributed by atoms with van der Waals surface area (Å²) in [4.78, 5) is 5.81. The predicted molar refractivity (Wildman–Crippen MR) is 87.2 cm³/mol. The van der Waals surface area contributed by atoms with Gasteiger partial charge in [0.2, 0.25) is 0 Å². The van der Waals surface area contributed by atoms with Crippen molar-refractivity contribution in [2.75, 3.05) is 13.2 Å². The fourth-order valence-electron chi connectivity index (χ4n) is 2.54. The summed E-state index contributed by atoms with van der Waals surface area (Å²) in [5.74, 6) is 0.888. The van der Waals surface area contributed by atoms with Gasteiger partial charge in [-0.2, -0.15) is 0 Å². The van der Waals surface area contributed by atoms with Crippen molar-refractivity contribution in [2.24, 2.45) is 5.73 Å². The number of nitrogens with two attached hydrogens (primary N) is 1. The maximum Gasteiger partial charge on any atom is 0.194 e. The number of hydrogen-bond acceptors (Lipinski definition) is 4. The summed E-state index contributed by atoms with van der Waals surface area (Å²) in [6.45, 7) is 5.39. The van der Waals surface area contributed by atoms with Gasteiger partial charge in [-0.25, -0.2) is 4.98 Å². The molecule has 0 radical (unpaired) electrons. The summed E-state index contributed by atoms with van der Waals surface area (Å²) >= 11 is 1.67. The van der Waals surface area contributed by atoms with E-state index >= 15 is 0 Å². The quantitative estimate of drug-likeness (QED) is 0.787. The van der Waals surface area contributed by atoms with Crippen molar-refractivity contribution in [1.82, 2.24) is 9.38 Å². The molecule has 0 aliphatic carbocycles. The standard InChI is InChI=1S/C16H19N3OS/c1-3-20-13-6-4-12(5-7-13)15-14(8-9-17)19-11(2)10-21-16(19)18-15/h4-7,10H,3,8-9,17H2,1-2H3. The minimum absolute atomic E-state index is 0.618. The topological polar surface area (TPSA) is 52.5 Å². The zero-order valence-corrected chi connectivity index (χ0v) is 13.1. The highest BCUT2D eigenvalue weighted by atomic mass is 32.1. The van der Waals surface area contributed by atoms with Gasteiger partial charge in [0.05, 0.1) is 18.0 Å². The van der Waals surface area contributed by atoms with E-state index in [-0.39, 0.29) is 0 Å². The third-order valence-corrected chi connectivity index (χ3v) is 4.39. The Morgan fingerprint density at radius 3 is 2.71 bits per heavy atom. The van der Waals surface area contributed by atoms with E-state index in [1.807, 2.05) is 19.1 Å². The molecular weight excluding hydrogens is 282 g/mol. The molecule has 21 heavy (non-hydrogen) atoms. The fourth-order valence-corrected chi connectivity index (χ4v) is 3.42. The first-order valence-corrected chi connectivity index (χ1v) is 8.01. The molecule has 0 amide bonds. The molecule has 0 saturated carbocycles. The second-order valence-corrected chi connectivity index (χ2v) is 5.73. The summed E-state index contributed by atoms with van der Waals surface area (Å²) in [5.41, 5.74) is 10.3. The van der Waals surface area contributed by atoms with Gasteiger partial charge < -0.3 is 10.5 Å². The fraction of sp³-hybridized carbons (Fsp3) is 0.312. The van der Waals surface area contributed by atoms with Crippen LogP contribution in [0.3, 0.4) is 0 Å². The first-order valence-electron chi connectivity index (χ1n) is 7.13. The highest BCUT2D eigenvalue weighted by molar-refractivity contribution is 7.15. The number of fused-ring (bicyclic) bond motifs is 1. The van der Waals surface area contributed by atoms with Crippen LogP contribution in [-0.4, -0.2) is 22.5 Å². The second-order valence-electron chi connectivity index (χ2n) is 4.90. The van der Waals surface area contributed by atoms with Crippen LogP contribution in [0.2, 0.25) is 0 Å². The van der Waals surface area contributed by atoms with Crippen LogP contribution in [0.5, 0.6) is 5.75 Å². The molecule has 0 bridgehead atoms. The molecule has 0 fully saturated rings. The lowest BCUT2D eigenvalue weighted by molar-refractivity contribution is 0.340. The molecule has 0 aliphatic rings. The Morgan fingerprint density at radius 2 is 2.05 bits per heavy atom. The molecule has 0 unspecified atom stereocenters. The summed E-state index contributed by atoms with van der Waals surface area (Å²) in [6.07, 6.45) is 0.821. The van der Waals surface area contributed by atoms with Crippen molar-refractivity contribution in [3.8, 4) is 17.0 Å². The van der Waals surface area contributed by atoms with Gasteiger partial charge in [0.1, 0.15) is 5.75 Å². The lowest BCUT2D eigenvalue weighted by Crippen LogP contribution is -2.06. The van der Waals surface area contributed by atoms with E-state index in [9.17, 15) is 0 Å². The van der Waals surface area contributed by atoms with E-state index in [0.29, 0.717) is 13.2 Å². The van der Waals surface area contributed by atoms with E-state index in [1.54, 1.807) is 11.3 Å². The van der Waals surface area contributed by atoms with Crippen molar-refractivity contribution in [2.45, 2.75) is 20.3 Å². The van der Waals surface area contributed by atoms with Crippen molar-refractivity contribution in [3.63, 3.8) is 0 Å². The highest BCUT2D eigenvalue weighted by Gasteiger charge is 2.16. The van der Waals surface area contributed by atoms with Gasteiger partial charge in [-0.3, -0.25) is 4.40 Å². The molecule has 3 rings (SSSR count). The third kappa shape index (κ3) is 2.54. The average molecular weight is 301 g/mol. The summed E-state index contributed by atoms with van der Waals surface area (Å²) in [7, 11) is 0. The van der Waals surface area contributed by atoms with Crippen LogP contribution in [0.15, 0.2) is 29.6 Å². The number of rotatable bonds is 5. The van der Waals surface area contributed by atoms with Crippen molar-refractivity contribution < 1.29 is 4.74 Å². The lowest BCUT2D eigenvalue weighted by atomic mass is 10.1. The van der Waals surface area contributed by atoms with Crippen LogP contribution in [0, 0.1) is 6.92 Å². The molecule has 1 aromatic carbocycles. The molecule has 2 N–H and O–H groups in total. The molecule has 0 spiro atoms. The van der Waals surface area contributed by atoms with Crippen molar-refractivity contribution in [1.29, 1.82) is 0 Å². The van der Waals surface area contributed by atoms with Gasteiger partial charge in [-0.05, 0) is 44.7 Å². The monoisotopic (exact) mass is 301 g/mol. The predicted octanol–water partition coefficient (Wildman–Crippen LogP) is 3.27. The maximum absolute atomic E-state index is 5.78.